The Hall–Kier alpha value is -1.92. The highest BCUT2D eigenvalue weighted by atomic mass is 32.1. The van der Waals surface area contributed by atoms with Gasteiger partial charge in [0.1, 0.15) is 0 Å². The van der Waals surface area contributed by atoms with E-state index < -0.39 is 0 Å². The van der Waals surface area contributed by atoms with E-state index in [1.807, 2.05) is 25.1 Å². The lowest BCUT2D eigenvalue weighted by atomic mass is 9.95. The molecule has 1 aliphatic heterocycles. The highest BCUT2D eigenvalue weighted by Gasteiger charge is 2.25. The number of para-hydroxylation sites is 2. The van der Waals surface area contributed by atoms with E-state index in [1.54, 1.807) is 17.4 Å². The smallest absolute Gasteiger partial charge is 0.227 e. The van der Waals surface area contributed by atoms with Crippen LogP contribution in [0.2, 0.25) is 0 Å². The van der Waals surface area contributed by atoms with Crippen molar-refractivity contribution in [3.05, 3.63) is 40.3 Å². The Balaban J connectivity index is 1.50. The first kappa shape index (κ1) is 16.0. The number of carbonyl (C=O) groups is 1. The number of thiazole rings is 1. The maximum absolute atomic E-state index is 12.4. The molecule has 1 aromatic carbocycles. The van der Waals surface area contributed by atoms with Crippen molar-refractivity contribution in [1.82, 2.24) is 9.88 Å². The monoisotopic (exact) mass is 330 g/mol. The molecule has 3 rings (SSSR count). The largest absolute Gasteiger partial charge is 0.397 e. The van der Waals surface area contributed by atoms with E-state index >= 15 is 0 Å². The molecule has 1 aliphatic rings. The Morgan fingerprint density at radius 3 is 2.78 bits per heavy atom. The van der Waals surface area contributed by atoms with Crippen LogP contribution in [0.4, 0.5) is 11.4 Å². The Morgan fingerprint density at radius 2 is 2.13 bits per heavy atom. The minimum absolute atomic E-state index is 0.0584. The van der Waals surface area contributed by atoms with Gasteiger partial charge in [-0.05, 0) is 45.0 Å². The summed E-state index contributed by atoms with van der Waals surface area (Å²) in [5, 5.41) is 6.18. The van der Waals surface area contributed by atoms with Crippen molar-refractivity contribution in [2.45, 2.75) is 26.3 Å². The molecule has 1 aromatic heterocycles. The summed E-state index contributed by atoms with van der Waals surface area (Å²) in [5.74, 6) is 0.134. The quantitative estimate of drug-likeness (QED) is 0.846. The number of nitrogens with zero attached hydrogens (tertiary/aromatic N) is 2. The molecule has 3 N–H and O–H groups in total. The molecule has 0 atom stereocenters. The number of aryl methyl sites for hydroxylation is 1. The summed E-state index contributed by atoms with van der Waals surface area (Å²) in [7, 11) is 0. The van der Waals surface area contributed by atoms with E-state index in [1.165, 1.54) is 0 Å². The Kier molecular flexibility index (Phi) is 4.93. The highest BCUT2D eigenvalue weighted by molar-refractivity contribution is 7.09. The van der Waals surface area contributed by atoms with Gasteiger partial charge in [-0.25, -0.2) is 4.98 Å². The van der Waals surface area contributed by atoms with Crippen molar-refractivity contribution >= 4 is 28.6 Å². The van der Waals surface area contributed by atoms with Gasteiger partial charge >= 0.3 is 0 Å². The average molecular weight is 330 g/mol. The zero-order chi connectivity index (χ0) is 16.2. The van der Waals surface area contributed by atoms with Gasteiger partial charge in [0.2, 0.25) is 5.91 Å². The van der Waals surface area contributed by atoms with Gasteiger partial charge in [-0.15, -0.1) is 11.3 Å². The third kappa shape index (κ3) is 4.09. The van der Waals surface area contributed by atoms with Crippen LogP contribution in [-0.2, 0) is 11.3 Å². The normalized spacial score (nSPS) is 16.4. The third-order valence-corrected chi connectivity index (χ3v) is 5.05. The fourth-order valence-corrected chi connectivity index (χ4v) is 3.51. The molecule has 1 amide bonds. The number of hydrogen-bond donors (Lipinski definition) is 2. The van der Waals surface area contributed by atoms with Gasteiger partial charge in [-0.1, -0.05) is 12.1 Å². The van der Waals surface area contributed by atoms with Crippen LogP contribution >= 0.6 is 11.3 Å². The number of likely N-dealkylation sites (tertiary alicyclic amines) is 1. The number of nitrogens with two attached hydrogens (primary N) is 1. The van der Waals surface area contributed by atoms with E-state index in [9.17, 15) is 4.79 Å². The van der Waals surface area contributed by atoms with Gasteiger partial charge in [0.25, 0.3) is 0 Å². The van der Waals surface area contributed by atoms with Crippen LogP contribution in [0, 0.1) is 12.8 Å². The minimum atomic E-state index is 0.0584. The van der Waals surface area contributed by atoms with E-state index in [0.29, 0.717) is 11.4 Å². The number of aromatic nitrogens is 1. The maximum Gasteiger partial charge on any atom is 0.227 e. The first-order valence-electron chi connectivity index (χ1n) is 7.90. The second kappa shape index (κ2) is 7.10. The van der Waals surface area contributed by atoms with Gasteiger partial charge in [-0.2, -0.15) is 0 Å². The predicted octanol–water partition coefficient (Wildman–Crippen LogP) is 2.88. The second-order valence-corrected chi connectivity index (χ2v) is 7.05. The summed E-state index contributed by atoms with van der Waals surface area (Å²) in [4.78, 5) is 19.3. The molecule has 1 saturated heterocycles. The van der Waals surface area contributed by atoms with Gasteiger partial charge < -0.3 is 11.1 Å². The van der Waals surface area contributed by atoms with E-state index in [4.69, 9.17) is 5.73 Å². The lowest BCUT2D eigenvalue weighted by molar-refractivity contribution is -0.121. The van der Waals surface area contributed by atoms with Crippen LogP contribution in [0.3, 0.4) is 0 Å². The molecule has 6 heteroatoms. The van der Waals surface area contributed by atoms with Crippen molar-refractivity contribution in [3.63, 3.8) is 0 Å². The highest BCUT2D eigenvalue weighted by Crippen LogP contribution is 2.23. The fourth-order valence-electron chi connectivity index (χ4n) is 2.91. The molecule has 0 bridgehead atoms. The SMILES string of the molecule is Cc1nc(CN2CCC(C(=O)Nc3ccccc3N)CC2)cs1. The standard InChI is InChI=1S/C17H22N4OS/c1-12-19-14(11-23-12)10-21-8-6-13(7-9-21)17(22)20-16-5-3-2-4-15(16)18/h2-5,11,13H,6-10,18H2,1H3,(H,20,22). The Morgan fingerprint density at radius 1 is 1.39 bits per heavy atom. The lowest BCUT2D eigenvalue weighted by Gasteiger charge is -2.30. The number of hydrogen-bond acceptors (Lipinski definition) is 5. The minimum Gasteiger partial charge on any atom is -0.397 e. The van der Waals surface area contributed by atoms with Crippen LogP contribution in [0.5, 0.6) is 0 Å². The van der Waals surface area contributed by atoms with E-state index in [2.05, 4.69) is 20.6 Å². The van der Waals surface area contributed by atoms with Crippen LogP contribution in [0.1, 0.15) is 23.5 Å². The molecule has 0 saturated carbocycles. The molecule has 2 aromatic rings. The van der Waals surface area contributed by atoms with Crippen molar-refractivity contribution in [1.29, 1.82) is 0 Å². The number of anilines is 2. The number of rotatable bonds is 4. The molecular formula is C17H22N4OS. The number of nitrogen functional groups attached to an aromatic ring is 1. The van der Waals surface area contributed by atoms with Gasteiger partial charge in [0, 0.05) is 17.8 Å². The molecule has 0 radical (unpaired) electrons. The van der Waals surface area contributed by atoms with Crippen molar-refractivity contribution in [3.8, 4) is 0 Å². The molecule has 0 unspecified atom stereocenters. The first-order valence-corrected chi connectivity index (χ1v) is 8.78. The molecule has 5 nitrogen and oxygen atoms in total. The third-order valence-electron chi connectivity index (χ3n) is 4.23. The molecule has 23 heavy (non-hydrogen) atoms. The van der Waals surface area contributed by atoms with Crippen LogP contribution in [-0.4, -0.2) is 28.9 Å². The van der Waals surface area contributed by atoms with E-state index in [-0.39, 0.29) is 11.8 Å². The Labute approximate surface area is 140 Å². The number of piperidine rings is 1. The van der Waals surface area contributed by atoms with Gasteiger partial charge in [0.15, 0.2) is 0 Å². The molecule has 0 spiro atoms. The molecule has 122 valence electrons. The summed E-state index contributed by atoms with van der Waals surface area (Å²) >= 11 is 1.69. The van der Waals surface area contributed by atoms with Crippen molar-refractivity contribution in [2.24, 2.45) is 5.92 Å². The zero-order valence-corrected chi connectivity index (χ0v) is 14.1. The number of benzene rings is 1. The summed E-state index contributed by atoms with van der Waals surface area (Å²) < 4.78 is 0. The summed E-state index contributed by atoms with van der Waals surface area (Å²) in [5.41, 5.74) is 8.33. The van der Waals surface area contributed by atoms with E-state index in [0.717, 1.165) is 43.2 Å². The number of amides is 1. The van der Waals surface area contributed by atoms with Crippen LogP contribution in [0.15, 0.2) is 29.6 Å². The molecule has 2 heterocycles. The maximum atomic E-state index is 12.4. The molecular weight excluding hydrogens is 308 g/mol. The summed E-state index contributed by atoms with van der Waals surface area (Å²) in [6.07, 6.45) is 1.75. The molecule has 0 aliphatic carbocycles. The topological polar surface area (TPSA) is 71.2 Å². The van der Waals surface area contributed by atoms with Crippen molar-refractivity contribution < 1.29 is 4.79 Å². The fraction of sp³-hybridized carbons (Fsp3) is 0.412. The second-order valence-electron chi connectivity index (χ2n) is 5.98. The number of carbonyl (C=O) groups excluding carboxylic acids is 1. The van der Waals surface area contributed by atoms with Gasteiger partial charge in [0.05, 0.1) is 22.1 Å². The average Bonchev–Trinajstić information content (AvgIpc) is 2.95. The van der Waals surface area contributed by atoms with Crippen LogP contribution in [0.25, 0.3) is 0 Å². The van der Waals surface area contributed by atoms with Crippen molar-refractivity contribution in [2.75, 3.05) is 24.1 Å². The molecule has 1 fully saturated rings. The predicted molar refractivity (Wildman–Crippen MR) is 94.3 cm³/mol. The zero-order valence-electron chi connectivity index (χ0n) is 13.3. The number of nitrogens with one attached hydrogen (secondary N) is 1. The summed E-state index contributed by atoms with van der Waals surface area (Å²) in [6.45, 7) is 4.77. The Bertz CT molecular complexity index is 677. The first-order chi connectivity index (χ1) is 11.1. The van der Waals surface area contributed by atoms with Gasteiger partial charge in [-0.3, -0.25) is 9.69 Å². The van der Waals surface area contributed by atoms with Crippen LogP contribution < -0.4 is 11.1 Å². The summed E-state index contributed by atoms with van der Waals surface area (Å²) in [6, 6.07) is 7.38. The lowest BCUT2D eigenvalue weighted by Crippen LogP contribution is -2.37.